The van der Waals surface area contributed by atoms with Crippen molar-refractivity contribution < 1.29 is 9.18 Å². The fraction of sp³-hybridized carbons (Fsp3) is 0.261. The van der Waals surface area contributed by atoms with Crippen LogP contribution in [0.3, 0.4) is 0 Å². The number of anilines is 1. The summed E-state index contributed by atoms with van der Waals surface area (Å²) in [5, 5.41) is 0. The SMILES string of the molecule is O=C(C(Cc1ccccn1)c1ccc(F)cc1)N1CCN(c2ccccn2)CC1. The molecular weight excluding hydrogens is 367 g/mol. The monoisotopic (exact) mass is 390 g/mol. The highest BCUT2D eigenvalue weighted by molar-refractivity contribution is 5.84. The molecule has 29 heavy (non-hydrogen) atoms. The predicted octanol–water partition coefficient (Wildman–Crippen LogP) is 3.29. The van der Waals surface area contributed by atoms with E-state index in [0.717, 1.165) is 30.2 Å². The van der Waals surface area contributed by atoms with Crippen molar-refractivity contribution in [1.82, 2.24) is 14.9 Å². The number of aromatic nitrogens is 2. The fourth-order valence-electron chi connectivity index (χ4n) is 3.69. The van der Waals surface area contributed by atoms with Crippen LogP contribution in [-0.4, -0.2) is 47.0 Å². The molecule has 5 nitrogen and oxygen atoms in total. The molecule has 0 N–H and O–H groups in total. The minimum Gasteiger partial charge on any atom is -0.353 e. The average Bonchev–Trinajstić information content (AvgIpc) is 2.79. The van der Waals surface area contributed by atoms with Crippen LogP contribution in [0.15, 0.2) is 73.1 Å². The molecule has 0 bridgehead atoms. The number of rotatable bonds is 5. The van der Waals surface area contributed by atoms with Gasteiger partial charge in [-0.3, -0.25) is 9.78 Å². The Hall–Kier alpha value is -3.28. The lowest BCUT2D eigenvalue weighted by molar-refractivity contribution is -0.133. The van der Waals surface area contributed by atoms with Gasteiger partial charge < -0.3 is 9.80 Å². The van der Waals surface area contributed by atoms with Gasteiger partial charge in [0.15, 0.2) is 0 Å². The van der Waals surface area contributed by atoms with Crippen molar-refractivity contribution in [3.63, 3.8) is 0 Å². The van der Waals surface area contributed by atoms with Gasteiger partial charge in [0.1, 0.15) is 11.6 Å². The Morgan fingerprint density at radius 3 is 2.21 bits per heavy atom. The molecular formula is C23H23FN4O. The van der Waals surface area contributed by atoms with Crippen molar-refractivity contribution in [2.75, 3.05) is 31.1 Å². The first-order valence-corrected chi connectivity index (χ1v) is 9.81. The number of halogens is 1. The van der Waals surface area contributed by atoms with Crippen LogP contribution in [0.2, 0.25) is 0 Å². The van der Waals surface area contributed by atoms with E-state index in [-0.39, 0.29) is 17.6 Å². The van der Waals surface area contributed by atoms with E-state index >= 15 is 0 Å². The number of hydrogen-bond acceptors (Lipinski definition) is 4. The summed E-state index contributed by atoms with van der Waals surface area (Å²) in [5.74, 6) is 0.305. The summed E-state index contributed by atoms with van der Waals surface area (Å²) < 4.78 is 13.4. The Labute approximate surface area is 169 Å². The predicted molar refractivity (Wildman–Crippen MR) is 110 cm³/mol. The highest BCUT2D eigenvalue weighted by Crippen LogP contribution is 2.24. The summed E-state index contributed by atoms with van der Waals surface area (Å²) in [6, 6.07) is 17.8. The van der Waals surface area contributed by atoms with Crippen molar-refractivity contribution in [2.24, 2.45) is 0 Å². The van der Waals surface area contributed by atoms with Crippen LogP contribution in [0.5, 0.6) is 0 Å². The van der Waals surface area contributed by atoms with Gasteiger partial charge in [0.25, 0.3) is 0 Å². The third kappa shape index (κ3) is 4.59. The highest BCUT2D eigenvalue weighted by atomic mass is 19.1. The standard InChI is InChI=1S/C23H23FN4O/c24-19-9-7-18(8-10-19)21(17-20-5-1-3-11-25-20)23(29)28-15-13-27(14-16-28)22-6-2-4-12-26-22/h1-12,21H,13-17H2. The van der Waals surface area contributed by atoms with Crippen LogP contribution in [0.25, 0.3) is 0 Å². The summed E-state index contributed by atoms with van der Waals surface area (Å²) in [4.78, 5) is 26.3. The van der Waals surface area contributed by atoms with Crippen LogP contribution in [0.1, 0.15) is 17.2 Å². The van der Waals surface area contributed by atoms with Crippen molar-refractivity contribution >= 4 is 11.7 Å². The first-order valence-electron chi connectivity index (χ1n) is 9.81. The lowest BCUT2D eigenvalue weighted by Crippen LogP contribution is -2.50. The Morgan fingerprint density at radius 1 is 0.897 bits per heavy atom. The molecule has 1 unspecified atom stereocenters. The molecule has 1 aliphatic rings. The number of nitrogens with zero attached hydrogens (tertiary/aromatic N) is 4. The molecule has 2 aromatic heterocycles. The topological polar surface area (TPSA) is 49.3 Å². The normalized spacial score (nSPS) is 15.2. The minimum absolute atomic E-state index is 0.0583. The zero-order valence-electron chi connectivity index (χ0n) is 16.1. The molecule has 1 fully saturated rings. The van der Waals surface area contributed by atoms with Gasteiger partial charge in [0, 0.05) is 50.7 Å². The summed E-state index contributed by atoms with van der Waals surface area (Å²) in [7, 11) is 0. The van der Waals surface area contributed by atoms with Crippen molar-refractivity contribution in [2.45, 2.75) is 12.3 Å². The van der Waals surface area contributed by atoms with Crippen molar-refractivity contribution in [3.05, 3.63) is 90.1 Å². The molecule has 0 aliphatic carbocycles. The molecule has 3 heterocycles. The van der Waals surface area contributed by atoms with Crippen LogP contribution >= 0.6 is 0 Å². The molecule has 1 aromatic carbocycles. The Balaban J connectivity index is 1.50. The van der Waals surface area contributed by atoms with Gasteiger partial charge in [-0.1, -0.05) is 24.3 Å². The van der Waals surface area contributed by atoms with Crippen LogP contribution in [-0.2, 0) is 11.2 Å². The third-order valence-corrected chi connectivity index (χ3v) is 5.27. The van der Waals surface area contributed by atoms with Crippen LogP contribution in [0, 0.1) is 5.82 Å². The fourth-order valence-corrected chi connectivity index (χ4v) is 3.69. The first-order chi connectivity index (χ1) is 14.2. The molecule has 1 atom stereocenters. The molecule has 1 amide bonds. The molecule has 6 heteroatoms. The number of amides is 1. The van der Waals surface area contributed by atoms with Crippen molar-refractivity contribution in [3.8, 4) is 0 Å². The van der Waals surface area contributed by atoms with Gasteiger partial charge in [-0.15, -0.1) is 0 Å². The zero-order valence-corrected chi connectivity index (χ0v) is 16.1. The van der Waals surface area contributed by atoms with E-state index in [0.29, 0.717) is 19.5 Å². The third-order valence-electron chi connectivity index (χ3n) is 5.27. The second-order valence-electron chi connectivity index (χ2n) is 7.13. The molecule has 148 valence electrons. The highest BCUT2D eigenvalue weighted by Gasteiger charge is 2.29. The Bertz CT molecular complexity index is 926. The smallest absolute Gasteiger partial charge is 0.230 e. The van der Waals surface area contributed by atoms with Gasteiger partial charge in [-0.25, -0.2) is 9.37 Å². The largest absolute Gasteiger partial charge is 0.353 e. The molecule has 0 radical (unpaired) electrons. The number of piperazine rings is 1. The van der Waals surface area contributed by atoms with E-state index in [4.69, 9.17) is 0 Å². The number of benzene rings is 1. The number of hydrogen-bond donors (Lipinski definition) is 0. The van der Waals surface area contributed by atoms with Gasteiger partial charge >= 0.3 is 0 Å². The molecule has 0 spiro atoms. The van der Waals surface area contributed by atoms with E-state index in [1.165, 1.54) is 12.1 Å². The second kappa shape index (κ2) is 8.82. The number of pyridine rings is 2. The summed E-state index contributed by atoms with van der Waals surface area (Å²) in [6.45, 7) is 2.75. The number of carbonyl (C=O) groups is 1. The summed E-state index contributed by atoms with van der Waals surface area (Å²) in [6.07, 6.45) is 4.00. The average molecular weight is 390 g/mol. The summed E-state index contributed by atoms with van der Waals surface area (Å²) in [5.41, 5.74) is 1.66. The zero-order chi connectivity index (χ0) is 20.1. The van der Waals surface area contributed by atoms with Crippen LogP contribution in [0.4, 0.5) is 10.2 Å². The van der Waals surface area contributed by atoms with Gasteiger partial charge in [-0.05, 0) is 42.0 Å². The quantitative estimate of drug-likeness (QED) is 0.671. The number of carbonyl (C=O) groups excluding carboxylic acids is 1. The molecule has 1 saturated heterocycles. The molecule has 0 saturated carbocycles. The van der Waals surface area contributed by atoms with E-state index in [9.17, 15) is 9.18 Å². The first kappa shape index (κ1) is 19.1. The Morgan fingerprint density at radius 2 is 1.59 bits per heavy atom. The maximum Gasteiger partial charge on any atom is 0.230 e. The van der Waals surface area contributed by atoms with Gasteiger partial charge in [0.05, 0.1) is 5.92 Å². The van der Waals surface area contributed by atoms with Gasteiger partial charge in [-0.2, -0.15) is 0 Å². The van der Waals surface area contributed by atoms with E-state index in [1.807, 2.05) is 41.3 Å². The molecule has 3 aromatic rings. The summed E-state index contributed by atoms with van der Waals surface area (Å²) >= 11 is 0. The lowest BCUT2D eigenvalue weighted by atomic mass is 9.92. The second-order valence-corrected chi connectivity index (χ2v) is 7.13. The maximum atomic E-state index is 13.4. The van der Waals surface area contributed by atoms with Crippen LogP contribution < -0.4 is 4.90 Å². The minimum atomic E-state index is -0.382. The maximum absolute atomic E-state index is 13.4. The van der Waals surface area contributed by atoms with E-state index in [1.54, 1.807) is 24.5 Å². The van der Waals surface area contributed by atoms with Gasteiger partial charge in [0.2, 0.25) is 5.91 Å². The van der Waals surface area contributed by atoms with Crippen molar-refractivity contribution in [1.29, 1.82) is 0 Å². The van der Waals surface area contributed by atoms with E-state index in [2.05, 4.69) is 14.9 Å². The Kier molecular flexibility index (Phi) is 5.79. The lowest BCUT2D eigenvalue weighted by Gasteiger charge is -2.37. The van der Waals surface area contributed by atoms with E-state index < -0.39 is 0 Å². The molecule has 4 rings (SSSR count). The molecule has 1 aliphatic heterocycles.